The highest BCUT2D eigenvalue weighted by atomic mass is 35.5. The summed E-state index contributed by atoms with van der Waals surface area (Å²) in [7, 11) is 0. The first-order chi connectivity index (χ1) is 11.5. The number of nitro groups is 1. The number of halogens is 1. The Bertz CT molecular complexity index is 1160. The quantitative estimate of drug-likeness (QED) is 0.447. The first kappa shape index (κ1) is 14.4. The minimum absolute atomic E-state index is 0.0474. The fourth-order valence-electron chi connectivity index (χ4n) is 2.63. The summed E-state index contributed by atoms with van der Waals surface area (Å²) in [5.41, 5.74) is 1.36. The van der Waals surface area contributed by atoms with Gasteiger partial charge in [-0.1, -0.05) is 11.6 Å². The van der Waals surface area contributed by atoms with Crippen LogP contribution in [-0.2, 0) is 0 Å². The number of H-pyrrole nitrogens is 1. The molecule has 2 aromatic carbocycles. The molecule has 2 heterocycles. The fourth-order valence-corrected chi connectivity index (χ4v) is 2.76. The van der Waals surface area contributed by atoms with Crippen molar-refractivity contribution in [3.8, 4) is 5.69 Å². The van der Waals surface area contributed by atoms with Gasteiger partial charge in [0.05, 0.1) is 27.0 Å². The van der Waals surface area contributed by atoms with Gasteiger partial charge in [0.15, 0.2) is 0 Å². The molecule has 0 aliphatic heterocycles. The molecule has 0 aliphatic rings. The summed E-state index contributed by atoms with van der Waals surface area (Å²) in [6, 6.07) is 11.2. The summed E-state index contributed by atoms with van der Waals surface area (Å²) < 4.78 is 1.39. The number of hydrogen-bond acceptors (Lipinski definition) is 4. The molecule has 1 N–H and O–H groups in total. The van der Waals surface area contributed by atoms with Crippen LogP contribution in [0.15, 0.2) is 53.5 Å². The van der Waals surface area contributed by atoms with E-state index in [9.17, 15) is 14.9 Å². The molecule has 2 aromatic heterocycles. The zero-order valence-electron chi connectivity index (χ0n) is 12.1. The molecule has 4 aromatic rings. The van der Waals surface area contributed by atoms with Crippen molar-refractivity contribution in [2.75, 3.05) is 0 Å². The number of non-ortho nitro benzene ring substituents is 1. The van der Waals surface area contributed by atoms with Crippen LogP contribution in [0.5, 0.6) is 0 Å². The van der Waals surface area contributed by atoms with Crippen molar-refractivity contribution in [2.24, 2.45) is 0 Å². The highest BCUT2D eigenvalue weighted by molar-refractivity contribution is 6.30. The number of hydrogen-bond donors (Lipinski definition) is 1. The van der Waals surface area contributed by atoms with E-state index in [-0.39, 0.29) is 11.2 Å². The van der Waals surface area contributed by atoms with Crippen molar-refractivity contribution in [3.63, 3.8) is 0 Å². The Balaban J connectivity index is 2.00. The molecule has 0 saturated heterocycles. The van der Waals surface area contributed by atoms with Gasteiger partial charge in [0.2, 0.25) is 0 Å². The molecular weight excluding hydrogens is 332 g/mol. The average molecular weight is 341 g/mol. The van der Waals surface area contributed by atoms with Gasteiger partial charge in [-0.3, -0.25) is 25.0 Å². The summed E-state index contributed by atoms with van der Waals surface area (Å²) >= 11 is 5.87. The van der Waals surface area contributed by atoms with Gasteiger partial charge < -0.3 is 0 Å². The summed E-state index contributed by atoms with van der Waals surface area (Å²) in [4.78, 5) is 27.2. The van der Waals surface area contributed by atoms with Crippen LogP contribution >= 0.6 is 11.6 Å². The van der Waals surface area contributed by atoms with Gasteiger partial charge >= 0.3 is 0 Å². The number of benzene rings is 2. The minimum Gasteiger partial charge on any atom is -0.290 e. The predicted molar refractivity (Wildman–Crippen MR) is 90.9 cm³/mol. The van der Waals surface area contributed by atoms with Gasteiger partial charge in [-0.05, 0) is 30.3 Å². The minimum atomic E-state index is -0.479. The molecule has 0 saturated carbocycles. The monoisotopic (exact) mass is 340 g/mol. The van der Waals surface area contributed by atoms with Crippen LogP contribution in [0.25, 0.3) is 27.5 Å². The molecule has 0 spiro atoms. The average Bonchev–Trinajstić information content (AvgIpc) is 2.92. The zero-order valence-corrected chi connectivity index (χ0v) is 12.8. The van der Waals surface area contributed by atoms with Gasteiger partial charge in [-0.15, -0.1) is 0 Å². The lowest BCUT2D eigenvalue weighted by molar-refractivity contribution is -0.384. The third-order valence-electron chi connectivity index (χ3n) is 3.81. The van der Waals surface area contributed by atoms with E-state index in [0.717, 1.165) is 0 Å². The summed E-state index contributed by atoms with van der Waals surface area (Å²) in [6.45, 7) is 0. The smallest absolute Gasteiger partial charge is 0.280 e. The van der Waals surface area contributed by atoms with Crippen LogP contribution in [0.1, 0.15) is 0 Å². The van der Waals surface area contributed by atoms with Gasteiger partial charge in [0, 0.05) is 28.7 Å². The maximum Gasteiger partial charge on any atom is 0.280 e. The Morgan fingerprint density at radius 2 is 1.88 bits per heavy atom. The predicted octanol–water partition coefficient (Wildman–Crippen LogP) is 3.43. The van der Waals surface area contributed by atoms with Crippen molar-refractivity contribution in [1.29, 1.82) is 0 Å². The van der Waals surface area contributed by atoms with Gasteiger partial charge in [-0.25, -0.2) is 4.68 Å². The van der Waals surface area contributed by atoms with Gasteiger partial charge in [0.1, 0.15) is 0 Å². The second kappa shape index (κ2) is 5.17. The number of rotatable bonds is 2. The molecule has 4 rings (SSSR count). The van der Waals surface area contributed by atoms with E-state index < -0.39 is 4.92 Å². The van der Waals surface area contributed by atoms with Crippen LogP contribution in [-0.4, -0.2) is 19.7 Å². The zero-order chi connectivity index (χ0) is 16.8. The maximum atomic E-state index is 12.6. The molecule has 0 radical (unpaired) electrons. The molecular formula is C16H9ClN4O3. The van der Waals surface area contributed by atoms with Gasteiger partial charge in [-0.2, -0.15) is 0 Å². The standard InChI is InChI=1S/C16H9ClN4O3/c17-9-1-3-10(4-2-9)20-16(22)13-8-18-14-7-11(21(23)24)5-6-12(14)15(13)19-20/h1-8,19H. The molecule has 0 unspecified atom stereocenters. The topological polar surface area (TPSA) is 93.8 Å². The van der Waals surface area contributed by atoms with Crippen molar-refractivity contribution in [2.45, 2.75) is 0 Å². The van der Waals surface area contributed by atoms with Crippen molar-refractivity contribution >= 4 is 39.1 Å². The number of nitro benzene ring substituents is 1. The molecule has 118 valence electrons. The normalized spacial score (nSPS) is 11.2. The number of aromatic amines is 1. The Kier molecular flexibility index (Phi) is 3.10. The van der Waals surface area contributed by atoms with E-state index in [1.807, 2.05) is 0 Å². The molecule has 0 bridgehead atoms. The third kappa shape index (κ3) is 2.14. The van der Waals surface area contributed by atoms with Crippen LogP contribution in [0.4, 0.5) is 5.69 Å². The number of pyridine rings is 1. The van der Waals surface area contributed by atoms with E-state index in [2.05, 4.69) is 10.1 Å². The van der Waals surface area contributed by atoms with E-state index in [1.165, 1.54) is 23.0 Å². The Morgan fingerprint density at radius 1 is 1.12 bits per heavy atom. The van der Waals surface area contributed by atoms with E-state index >= 15 is 0 Å². The Labute approximate surface area is 139 Å². The van der Waals surface area contributed by atoms with Crippen LogP contribution in [0.2, 0.25) is 5.02 Å². The molecule has 7 nitrogen and oxygen atoms in total. The second-order valence-electron chi connectivity index (χ2n) is 5.23. The number of aromatic nitrogens is 3. The van der Waals surface area contributed by atoms with Crippen molar-refractivity contribution in [3.05, 3.63) is 74.2 Å². The van der Waals surface area contributed by atoms with Crippen LogP contribution < -0.4 is 5.56 Å². The van der Waals surface area contributed by atoms with Crippen molar-refractivity contribution in [1.82, 2.24) is 14.8 Å². The van der Waals surface area contributed by atoms with Crippen LogP contribution in [0.3, 0.4) is 0 Å². The number of nitrogens with zero attached hydrogens (tertiary/aromatic N) is 3. The second-order valence-corrected chi connectivity index (χ2v) is 5.67. The molecule has 8 heteroatoms. The largest absolute Gasteiger partial charge is 0.290 e. The molecule has 24 heavy (non-hydrogen) atoms. The van der Waals surface area contributed by atoms with Crippen molar-refractivity contribution < 1.29 is 4.92 Å². The Morgan fingerprint density at radius 3 is 2.58 bits per heavy atom. The molecule has 0 atom stereocenters. The van der Waals surface area contributed by atoms with Crippen LogP contribution in [0, 0.1) is 10.1 Å². The summed E-state index contributed by atoms with van der Waals surface area (Å²) in [5, 5.41) is 15.5. The number of nitrogens with one attached hydrogen (secondary N) is 1. The molecule has 0 fully saturated rings. The highest BCUT2D eigenvalue weighted by Crippen LogP contribution is 2.24. The summed E-state index contributed by atoms with van der Waals surface area (Å²) in [5.74, 6) is 0. The van der Waals surface area contributed by atoms with E-state index in [1.54, 1.807) is 30.3 Å². The lowest BCUT2D eigenvalue weighted by Gasteiger charge is -2.01. The molecule has 0 aliphatic carbocycles. The SMILES string of the molecule is O=c1c2cnc3cc([N+](=O)[O-])ccc3c2[nH]n1-c1ccc(Cl)cc1. The van der Waals surface area contributed by atoms with E-state index in [0.29, 0.717) is 32.5 Å². The first-order valence-corrected chi connectivity index (χ1v) is 7.36. The first-order valence-electron chi connectivity index (χ1n) is 6.98. The highest BCUT2D eigenvalue weighted by Gasteiger charge is 2.14. The summed E-state index contributed by atoms with van der Waals surface area (Å²) in [6.07, 6.45) is 1.42. The molecule has 0 amide bonds. The van der Waals surface area contributed by atoms with E-state index in [4.69, 9.17) is 11.6 Å². The Hall–Kier alpha value is -3.19. The lowest BCUT2D eigenvalue weighted by atomic mass is 10.1. The number of fused-ring (bicyclic) bond motifs is 3. The van der Waals surface area contributed by atoms with Gasteiger partial charge in [0.25, 0.3) is 11.2 Å². The lowest BCUT2D eigenvalue weighted by Crippen LogP contribution is -2.13. The third-order valence-corrected chi connectivity index (χ3v) is 4.06. The maximum absolute atomic E-state index is 12.6. The fraction of sp³-hybridized carbons (Fsp3) is 0.